The van der Waals surface area contributed by atoms with Crippen LogP contribution in [0.2, 0.25) is 0 Å². The Balaban J connectivity index is 2.46. The minimum atomic E-state index is 0.00899. The number of carbonyl (C=O) groups is 1. The summed E-state index contributed by atoms with van der Waals surface area (Å²) in [7, 11) is 0. The molecule has 4 heteroatoms. The summed E-state index contributed by atoms with van der Waals surface area (Å²) >= 11 is 0. The van der Waals surface area contributed by atoms with E-state index in [1.807, 2.05) is 0 Å². The molecule has 1 rings (SSSR count). The second-order valence-electron chi connectivity index (χ2n) is 4.42. The lowest BCUT2D eigenvalue weighted by Gasteiger charge is -2.30. The van der Waals surface area contributed by atoms with Crippen LogP contribution in [0.3, 0.4) is 0 Å². The van der Waals surface area contributed by atoms with Gasteiger partial charge in [0.25, 0.3) is 0 Å². The van der Waals surface area contributed by atoms with E-state index in [9.17, 15) is 10.0 Å². The molecular weight excluding hydrogens is 218 g/mol. The average Bonchev–Trinajstić information content (AvgIpc) is 2.62. The SMILES string of the molecule is CC/C=C/CC1C(=O)CCC1CN([O-])OCC. The second kappa shape index (κ2) is 7.58. The molecule has 1 aliphatic rings. The normalized spacial score (nSPS) is 25.3. The van der Waals surface area contributed by atoms with Gasteiger partial charge in [0.2, 0.25) is 0 Å². The van der Waals surface area contributed by atoms with Crippen LogP contribution in [0, 0.1) is 17.0 Å². The summed E-state index contributed by atoms with van der Waals surface area (Å²) in [4.78, 5) is 16.6. The van der Waals surface area contributed by atoms with Crippen LogP contribution in [0.25, 0.3) is 0 Å². The summed E-state index contributed by atoms with van der Waals surface area (Å²) in [5, 5.41) is 12.0. The van der Waals surface area contributed by atoms with Gasteiger partial charge in [-0.05, 0) is 32.1 Å². The van der Waals surface area contributed by atoms with Gasteiger partial charge in [-0.1, -0.05) is 19.1 Å². The van der Waals surface area contributed by atoms with Crippen molar-refractivity contribution in [3.63, 3.8) is 0 Å². The van der Waals surface area contributed by atoms with Crippen LogP contribution in [-0.2, 0) is 9.63 Å². The number of hydrogen-bond donors (Lipinski definition) is 0. The van der Waals surface area contributed by atoms with E-state index in [0.29, 0.717) is 30.6 Å². The molecule has 98 valence electrons. The Hall–Kier alpha value is -0.710. The van der Waals surface area contributed by atoms with Crippen LogP contribution < -0.4 is 0 Å². The fourth-order valence-corrected chi connectivity index (χ4v) is 2.32. The molecule has 0 bridgehead atoms. The van der Waals surface area contributed by atoms with Crippen LogP contribution >= 0.6 is 0 Å². The fourth-order valence-electron chi connectivity index (χ4n) is 2.32. The predicted molar refractivity (Wildman–Crippen MR) is 67.0 cm³/mol. The van der Waals surface area contributed by atoms with Gasteiger partial charge in [0.1, 0.15) is 5.78 Å². The summed E-state index contributed by atoms with van der Waals surface area (Å²) < 4.78 is 0. The maximum atomic E-state index is 11.7. The van der Waals surface area contributed by atoms with Crippen LogP contribution in [0.1, 0.15) is 39.5 Å². The van der Waals surface area contributed by atoms with Crippen molar-refractivity contribution >= 4 is 5.78 Å². The third kappa shape index (κ3) is 4.58. The van der Waals surface area contributed by atoms with E-state index in [1.165, 1.54) is 0 Å². The van der Waals surface area contributed by atoms with Gasteiger partial charge in [-0.15, -0.1) is 0 Å². The zero-order chi connectivity index (χ0) is 12.7. The van der Waals surface area contributed by atoms with Crippen molar-refractivity contribution in [2.24, 2.45) is 11.8 Å². The number of Topliss-reactive ketones (excluding diaryl/α,β-unsaturated/α-hetero) is 1. The number of hydroxylamine groups is 2. The van der Waals surface area contributed by atoms with Crippen LogP contribution in [-0.4, -0.2) is 24.2 Å². The molecule has 0 heterocycles. The van der Waals surface area contributed by atoms with E-state index in [4.69, 9.17) is 4.84 Å². The van der Waals surface area contributed by atoms with Crippen LogP contribution in [0.5, 0.6) is 0 Å². The zero-order valence-electron chi connectivity index (χ0n) is 10.7. The van der Waals surface area contributed by atoms with Gasteiger partial charge in [-0.2, -0.15) is 0 Å². The van der Waals surface area contributed by atoms with Gasteiger partial charge in [0, 0.05) is 18.9 Å². The monoisotopic (exact) mass is 240 g/mol. The Morgan fingerprint density at radius 2 is 2.24 bits per heavy atom. The maximum Gasteiger partial charge on any atom is 0.136 e. The molecule has 0 amide bonds. The number of rotatable bonds is 7. The van der Waals surface area contributed by atoms with Gasteiger partial charge in [0.15, 0.2) is 0 Å². The Bertz CT molecular complexity index is 265. The van der Waals surface area contributed by atoms with Gasteiger partial charge >= 0.3 is 0 Å². The van der Waals surface area contributed by atoms with E-state index in [1.54, 1.807) is 6.92 Å². The molecule has 0 spiro atoms. The Labute approximate surface area is 103 Å². The first-order chi connectivity index (χ1) is 8.19. The van der Waals surface area contributed by atoms with Gasteiger partial charge in [-0.3, -0.25) is 10.0 Å². The first kappa shape index (κ1) is 14.4. The molecular formula is C13H22NO3-. The summed E-state index contributed by atoms with van der Waals surface area (Å²) in [6, 6.07) is 0. The maximum absolute atomic E-state index is 11.7. The highest BCUT2D eigenvalue weighted by Crippen LogP contribution is 2.32. The smallest absolute Gasteiger partial charge is 0.136 e. The van der Waals surface area contributed by atoms with Crippen molar-refractivity contribution in [1.82, 2.24) is 5.23 Å². The summed E-state index contributed by atoms with van der Waals surface area (Å²) in [6.07, 6.45) is 7.29. The highest BCUT2D eigenvalue weighted by Gasteiger charge is 2.33. The Morgan fingerprint density at radius 3 is 2.88 bits per heavy atom. The standard InChI is InChI=1S/C13H22NO3/c1-3-5-6-7-12-11(8-9-13(12)15)10-14(16)17-4-2/h5-6,11-12H,3-4,7-10H2,1-2H3/q-1/b6-5+. The van der Waals surface area contributed by atoms with Crippen molar-refractivity contribution in [2.45, 2.75) is 39.5 Å². The fraction of sp³-hybridized carbons (Fsp3) is 0.769. The Kier molecular flexibility index (Phi) is 6.40. The van der Waals surface area contributed by atoms with Gasteiger partial charge < -0.3 is 10.0 Å². The summed E-state index contributed by atoms with van der Waals surface area (Å²) in [5.74, 6) is 0.448. The van der Waals surface area contributed by atoms with Crippen LogP contribution in [0.4, 0.5) is 0 Å². The van der Waals surface area contributed by atoms with Crippen molar-refractivity contribution in [1.29, 1.82) is 0 Å². The van der Waals surface area contributed by atoms with Gasteiger partial charge in [-0.25, -0.2) is 0 Å². The lowest BCUT2D eigenvalue weighted by molar-refractivity contribution is -0.130. The van der Waals surface area contributed by atoms with E-state index in [2.05, 4.69) is 19.1 Å². The Morgan fingerprint density at radius 1 is 1.47 bits per heavy atom. The lowest BCUT2D eigenvalue weighted by atomic mass is 9.92. The van der Waals surface area contributed by atoms with Crippen molar-refractivity contribution in [3.8, 4) is 0 Å². The molecule has 0 aliphatic heterocycles. The molecule has 1 saturated carbocycles. The third-order valence-corrected chi connectivity index (χ3v) is 3.19. The van der Waals surface area contributed by atoms with E-state index in [0.717, 1.165) is 19.3 Å². The minimum Gasteiger partial charge on any atom is -0.762 e. The molecule has 2 atom stereocenters. The largest absolute Gasteiger partial charge is 0.762 e. The topological polar surface area (TPSA) is 52.6 Å². The highest BCUT2D eigenvalue weighted by molar-refractivity contribution is 5.83. The molecule has 0 aromatic rings. The van der Waals surface area contributed by atoms with E-state index in [-0.39, 0.29) is 11.8 Å². The number of hydrogen-bond acceptors (Lipinski definition) is 4. The lowest BCUT2D eigenvalue weighted by Crippen LogP contribution is -2.28. The predicted octanol–water partition coefficient (Wildman–Crippen LogP) is 2.69. The molecule has 1 aliphatic carbocycles. The van der Waals surface area contributed by atoms with E-state index >= 15 is 0 Å². The second-order valence-corrected chi connectivity index (χ2v) is 4.42. The number of ketones is 1. The van der Waals surface area contributed by atoms with E-state index < -0.39 is 0 Å². The number of allylic oxidation sites excluding steroid dienone is 2. The van der Waals surface area contributed by atoms with Crippen LogP contribution in [0.15, 0.2) is 12.2 Å². The third-order valence-electron chi connectivity index (χ3n) is 3.19. The molecule has 1 fully saturated rings. The molecule has 4 nitrogen and oxygen atoms in total. The zero-order valence-corrected chi connectivity index (χ0v) is 10.7. The molecule has 0 saturated heterocycles. The minimum absolute atomic E-state index is 0.00899. The number of carbonyl (C=O) groups excluding carboxylic acids is 1. The first-order valence-corrected chi connectivity index (χ1v) is 6.44. The highest BCUT2D eigenvalue weighted by atomic mass is 16.9. The molecule has 17 heavy (non-hydrogen) atoms. The molecule has 2 unspecified atom stereocenters. The molecule has 0 N–H and O–H groups in total. The van der Waals surface area contributed by atoms with Gasteiger partial charge in [0.05, 0.1) is 6.61 Å². The molecule has 0 aromatic carbocycles. The van der Waals surface area contributed by atoms with Crippen molar-refractivity contribution in [3.05, 3.63) is 17.4 Å². The quantitative estimate of drug-likeness (QED) is 0.507. The average molecular weight is 240 g/mol. The summed E-state index contributed by atoms with van der Waals surface area (Å²) in [6.45, 7) is 4.54. The number of nitrogens with zero attached hydrogens (tertiary/aromatic N) is 1. The first-order valence-electron chi connectivity index (χ1n) is 6.44. The summed E-state index contributed by atoms with van der Waals surface area (Å²) in [5.41, 5.74) is 0. The van der Waals surface area contributed by atoms with Crippen molar-refractivity contribution < 1.29 is 9.63 Å². The van der Waals surface area contributed by atoms with Crippen molar-refractivity contribution in [2.75, 3.05) is 13.2 Å². The molecule has 0 aromatic heterocycles. The molecule has 0 radical (unpaired) electrons.